The number of hydrogen-bond donors (Lipinski definition) is 2. The largest absolute Gasteiger partial charge is 0.356 e. The molecular formula is C14H12N4O3. The number of fused-ring (bicyclic) bond motifs is 1. The van der Waals surface area contributed by atoms with E-state index in [9.17, 15) is 9.59 Å². The van der Waals surface area contributed by atoms with Crippen molar-refractivity contribution < 1.29 is 9.32 Å². The van der Waals surface area contributed by atoms with Crippen LogP contribution >= 0.6 is 0 Å². The Kier molecular flexibility index (Phi) is 3.23. The lowest BCUT2D eigenvalue weighted by Crippen LogP contribution is -2.19. The lowest BCUT2D eigenvalue weighted by molar-refractivity contribution is -0.115. The number of rotatable bonds is 3. The van der Waals surface area contributed by atoms with Crippen molar-refractivity contribution in [1.82, 2.24) is 15.1 Å². The number of aryl methyl sites for hydroxylation is 1. The van der Waals surface area contributed by atoms with Gasteiger partial charge in [0.2, 0.25) is 5.91 Å². The highest BCUT2D eigenvalue weighted by molar-refractivity contribution is 5.94. The van der Waals surface area contributed by atoms with Gasteiger partial charge in [0.25, 0.3) is 0 Å². The summed E-state index contributed by atoms with van der Waals surface area (Å²) in [6.45, 7) is 1.96. The molecule has 0 aliphatic heterocycles. The van der Waals surface area contributed by atoms with Crippen LogP contribution in [0.25, 0.3) is 11.0 Å². The van der Waals surface area contributed by atoms with Crippen molar-refractivity contribution in [1.29, 1.82) is 0 Å². The molecule has 0 radical (unpaired) electrons. The summed E-state index contributed by atoms with van der Waals surface area (Å²) in [5.41, 5.74) is 1.74. The van der Waals surface area contributed by atoms with Gasteiger partial charge >= 0.3 is 5.69 Å². The summed E-state index contributed by atoms with van der Waals surface area (Å²) >= 11 is 0. The second kappa shape index (κ2) is 5.20. The zero-order chi connectivity index (χ0) is 14.8. The fourth-order valence-corrected chi connectivity index (χ4v) is 2.02. The molecule has 0 fully saturated rings. The molecule has 7 nitrogen and oxygen atoms in total. The molecule has 0 aliphatic carbocycles. The molecule has 0 aliphatic rings. The number of carbonyl (C=O) groups excluding carboxylic acids is 1. The predicted octanol–water partition coefficient (Wildman–Crippen LogP) is 1.40. The predicted molar refractivity (Wildman–Crippen MR) is 75.9 cm³/mol. The summed E-state index contributed by atoms with van der Waals surface area (Å²) in [6, 6.07) is 7.16. The normalized spacial score (nSPS) is 10.7. The van der Waals surface area contributed by atoms with Gasteiger partial charge in [0.15, 0.2) is 5.58 Å². The van der Waals surface area contributed by atoms with Gasteiger partial charge in [-0.05, 0) is 25.1 Å². The first-order valence-electron chi connectivity index (χ1n) is 6.32. The monoisotopic (exact) mass is 284 g/mol. The van der Waals surface area contributed by atoms with E-state index in [0.717, 1.165) is 10.9 Å². The van der Waals surface area contributed by atoms with Crippen molar-refractivity contribution in [3.05, 3.63) is 52.2 Å². The maximum Gasteiger partial charge on any atom is 0.346 e. The van der Waals surface area contributed by atoms with Gasteiger partial charge in [-0.25, -0.2) is 9.78 Å². The van der Waals surface area contributed by atoms with Crippen LogP contribution in [-0.4, -0.2) is 21.0 Å². The molecule has 0 bridgehead atoms. The van der Waals surface area contributed by atoms with E-state index < -0.39 is 5.69 Å². The third kappa shape index (κ3) is 2.81. The van der Waals surface area contributed by atoms with Crippen LogP contribution in [-0.2, 0) is 11.2 Å². The van der Waals surface area contributed by atoms with Crippen LogP contribution in [0.4, 0.5) is 5.82 Å². The number of nitrogens with one attached hydrogen (secondary N) is 2. The molecule has 2 heterocycles. The van der Waals surface area contributed by atoms with Crippen LogP contribution in [0.5, 0.6) is 0 Å². The Bertz CT molecular complexity index is 866. The SMILES string of the molecule is Cc1ccc2onc(CC(=O)Nc3ccnc(=O)[nH]3)c2c1. The van der Waals surface area contributed by atoms with Gasteiger partial charge in [-0.2, -0.15) is 0 Å². The number of aromatic nitrogens is 3. The number of aromatic amines is 1. The molecule has 2 aromatic heterocycles. The van der Waals surface area contributed by atoms with Crippen LogP contribution in [0, 0.1) is 6.92 Å². The Morgan fingerprint density at radius 1 is 1.38 bits per heavy atom. The number of hydrogen-bond acceptors (Lipinski definition) is 5. The quantitative estimate of drug-likeness (QED) is 0.757. The van der Waals surface area contributed by atoms with Gasteiger partial charge in [0, 0.05) is 11.6 Å². The molecule has 1 aromatic carbocycles. The van der Waals surface area contributed by atoms with Crippen molar-refractivity contribution in [3.63, 3.8) is 0 Å². The van der Waals surface area contributed by atoms with Gasteiger partial charge in [-0.1, -0.05) is 16.8 Å². The maximum absolute atomic E-state index is 12.0. The fraction of sp³-hybridized carbons (Fsp3) is 0.143. The van der Waals surface area contributed by atoms with Crippen LogP contribution in [0.3, 0.4) is 0 Å². The van der Waals surface area contributed by atoms with Crippen LogP contribution in [0.2, 0.25) is 0 Å². The minimum atomic E-state index is -0.518. The third-order valence-corrected chi connectivity index (χ3v) is 2.98. The second-order valence-corrected chi connectivity index (χ2v) is 4.64. The molecule has 7 heteroatoms. The van der Waals surface area contributed by atoms with Crippen molar-refractivity contribution in [3.8, 4) is 0 Å². The van der Waals surface area contributed by atoms with Crippen molar-refractivity contribution >= 4 is 22.7 Å². The van der Waals surface area contributed by atoms with E-state index in [1.54, 1.807) is 0 Å². The lowest BCUT2D eigenvalue weighted by atomic mass is 10.1. The van der Waals surface area contributed by atoms with Gasteiger partial charge in [0.05, 0.1) is 6.42 Å². The van der Waals surface area contributed by atoms with E-state index in [1.165, 1.54) is 12.3 Å². The Hall–Kier alpha value is -2.96. The Labute approximate surface area is 119 Å². The summed E-state index contributed by atoms with van der Waals surface area (Å²) < 4.78 is 5.18. The highest BCUT2D eigenvalue weighted by Crippen LogP contribution is 2.20. The van der Waals surface area contributed by atoms with E-state index in [4.69, 9.17) is 4.52 Å². The zero-order valence-electron chi connectivity index (χ0n) is 11.2. The van der Waals surface area contributed by atoms with Crippen molar-refractivity contribution in [2.45, 2.75) is 13.3 Å². The number of amides is 1. The molecule has 0 unspecified atom stereocenters. The van der Waals surface area contributed by atoms with Gasteiger partial charge in [-0.15, -0.1) is 0 Å². The summed E-state index contributed by atoms with van der Waals surface area (Å²) in [5.74, 6) is -0.00228. The number of anilines is 1. The molecule has 2 N–H and O–H groups in total. The van der Waals surface area contributed by atoms with Crippen LogP contribution < -0.4 is 11.0 Å². The molecule has 0 spiro atoms. The first-order valence-corrected chi connectivity index (χ1v) is 6.32. The molecule has 21 heavy (non-hydrogen) atoms. The fourth-order valence-electron chi connectivity index (χ4n) is 2.02. The standard InChI is InChI=1S/C14H12N4O3/c1-8-2-3-11-9(6-8)10(18-21-11)7-13(19)16-12-4-5-15-14(20)17-12/h2-6H,7H2,1H3,(H2,15,16,17,19,20). The second-order valence-electron chi connectivity index (χ2n) is 4.64. The Morgan fingerprint density at radius 2 is 2.24 bits per heavy atom. The molecule has 0 saturated heterocycles. The van der Waals surface area contributed by atoms with Gasteiger partial charge in [-0.3, -0.25) is 9.78 Å². The zero-order valence-corrected chi connectivity index (χ0v) is 11.2. The minimum Gasteiger partial charge on any atom is -0.356 e. The summed E-state index contributed by atoms with van der Waals surface area (Å²) in [6.07, 6.45) is 1.38. The molecular weight excluding hydrogens is 272 g/mol. The highest BCUT2D eigenvalue weighted by atomic mass is 16.5. The maximum atomic E-state index is 12.0. The van der Waals surface area contributed by atoms with Gasteiger partial charge < -0.3 is 9.84 Å². The molecule has 0 saturated carbocycles. The van der Waals surface area contributed by atoms with E-state index in [-0.39, 0.29) is 12.3 Å². The van der Waals surface area contributed by atoms with Crippen LogP contribution in [0.15, 0.2) is 39.8 Å². The Morgan fingerprint density at radius 3 is 3.05 bits per heavy atom. The molecule has 1 amide bonds. The number of carbonyl (C=O) groups is 1. The van der Waals surface area contributed by atoms with E-state index in [2.05, 4.69) is 20.4 Å². The Balaban J connectivity index is 1.80. The number of nitrogens with zero attached hydrogens (tertiary/aromatic N) is 2. The van der Waals surface area contributed by atoms with E-state index >= 15 is 0 Å². The smallest absolute Gasteiger partial charge is 0.346 e. The average molecular weight is 284 g/mol. The van der Waals surface area contributed by atoms with Crippen molar-refractivity contribution in [2.24, 2.45) is 0 Å². The summed E-state index contributed by atoms with van der Waals surface area (Å²) in [4.78, 5) is 28.9. The first kappa shape index (κ1) is 13.0. The van der Waals surface area contributed by atoms with E-state index in [1.807, 2.05) is 25.1 Å². The third-order valence-electron chi connectivity index (χ3n) is 2.98. The summed E-state index contributed by atoms with van der Waals surface area (Å²) in [5, 5.41) is 7.31. The highest BCUT2D eigenvalue weighted by Gasteiger charge is 2.13. The topological polar surface area (TPSA) is 101 Å². The minimum absolute atomic E-state index is 0.0564. The molecule has 106 valence electrons. The number of benzene rings is 1. The molecule has 3 rings (SSSR count). The molecule has 0 atom stereocenters. The molecule has 3 aromatic rings. The van der Waals surface area contributed by atoms with Gasteiger partial charge in [0.1, 0.15) is 11.5 Å². The average Bonchev–Trinajstić information content (AvgIpc) is 2.81. The summed E-state index contributed by atoms with van der Waals surface area (Å²) in [7, 11) is 0. The van der Waals surface area contributed by atoms with Crippen LogP contribution in [0.1, 0.15) is 11.3 Å². The van der Waals surface area contributed by atoms with E-state index in [0.29, 0.717) is 17.1 Å². The first-order chi connectivity index (χ1) is 10.1. The van der Waals surface area contributed by atoms with Crippen molar-refractivity contribution in [2.75, 3.05) is 5.32 Å². The lowest BCUT2D eigenvalue weighted by Gasteiger charge is -2.02. The number of H-pyrrole nitrogens is 1.